The molecule has 0 aliphatic carbocycles. The van der Waals surface area contributed by atoms with E-state index in [0.29, 0.717) is 23.7 Å². The maximum absolute atomic E-state index is 13.2. The lowest BCUT2D eigenvalue weighted by molar-refractivity contribution is 0.199. The van der Waals surface area contributed by atoms with Gasteiger partial charge in [0.15, 0.2) is 5.03 Å². The minimum atomic E-state index is -4.01. The number of sulfone groups is 1. The van der Waals surface area contributed by atoms with Crippen molar-refractivity contribution >= 4 is 55.2 Å². The molecule has 1 heterocycles. The number of carbonyl (C=O) groups is 1. The maximum Gasteiger partial charge on any atom is 0.345 e. The van der Waals surface area contributed by atoms with Crippen LogP contribution in [0, 0.1) is 6.92 Å². The Morgan fingerprint density at radius 1 is 1.35 bits per heavy atom. The van der Waals surface area contributed by atoms with Crippen LogP contribution < -0.4 is 0 Å². The molecule has 2 aromatic rings. The van der Waals surface area contributed by atoms with E-state index in [1.165, 1.54) is 17.8 Å². The molecule has 26 heavy (non-hydrogen) atoms. The highest BCUT2D eigenvalue weighted by atomic mass is 79.9. The molecule has 0 bridgehead atoms. The minimum absolute atomic E-state index is 0.00467. The van der Waals surface area contributed by atoms with E-state index in [9.17, 15) is 13.2 Å². The predicted octanol–water partition coefficient (Wildman–Crippen LogP) is 4.47. The van der Waals surface area contributed by atoms with E-state index in [0.717, 1.165) is 4.68 Å². The minimum Gasteiger partial charge on any atom is -0.323 e. The van der Waals surface area contributed by atoms with Crippen molar-refractivity contribution in [2.75, 3.05) is 19.3 Å². The fourth-order valence-electron chi connectivity index (χ4n) is 2.52. The number of hydrogen-bond donors (Lipinski definition) is 0. The van der Waals surface area contributed by atoms with Crippen LogP contribution in [-0.4, -0.2) is 48.5 Å². The third-order valence-corrected chi connectivity index (χ3v) is 8.20. The van der Waals surface area contributed by atoms with Crippen LogP contribution in [0.15, 0.2) is 37.6 Å². The Hall–Kier alpha value is -1.03. The molecule has 1 aromatic carbocycles. The van der Waals surface area contributed by atoms with Crippen molar-refractivity contribution in [2.24, 2.45) is 0 Å². The van der Waals surface area contributed by atoms with E-state index in [1.54, 1.807) is 30.2 Å². The van der Waals surface area contributed by atoms with Crippen molar-refractivity contribution in [1.29, 1.82) is 0 Å². The van der Waals surface area contributed by atoms with Gasteiger partial charge in [-0.1, -0.05) is 23.7 Å². The van der Waals surface area contributed by atoms with E-state index in [1.807, 2.05) is 13.8 Å². The highest BCUT2D eigenvalue weighted by Gasteiger charge is 2.33. The molecule has 10 heteroatoms. The number of aryl methyl sites for hydroxylation is 1. The molecular weight excluding hydrogens is 462 g/mol. The Morgan fingerprint density at radius 2 is 1.96 bits per heavy atom. The Balaban J connectivity index is 2.70. The summed E-state index contributed by atoms with van der Waals surface area (Å²) in [5.41, 5.74) is 0.514. The summed E-state index contributed by atoms with van der Waals surface area (Å²) in [6, 6.07) is 4.49. The second-order valence-electron chi connectivity index (χ2n) is 5.38. The van der Waals surface area contributed by atoms with Crippen LogP contribution in [0.4, 0.5) is 4.79 Å². The molecule has 0 radical (unpaired) electrons. The van der Waals surface area contributed by atoms with Gasteiger partial charge in [0.05, 0.1) is 14.4 Å². The number of hydrogen-bond acceptors (Lipinski definition) is 5. The number of benzene rings is 1. The first-order chi connectivity index (χ1) is 12.2. The van der Waals surface area contributed by atoms with Gasteiger partial charge in [0.2, 0.25) is 9.84 Å². The topological polar surface area (TPSA) is 72.3 Å². The van der Waals surface area contributed by atoms with Crippen LogP contribution >= 0.6 is 39.3 Å². The van der Waals surface area contributed by atoms with Crippen molar-refractivity contribution in [3.05, 3.63) is 33.3 Å². The Morgan fingerprint density at radius 3 is 2.46 bits per heavy atom. The van der Waals surface area contributed by atoms with Crippen molar-refractivity contribution in [1.82, 2.24) is 14.7 Å². The zero-order valence-electron chi connectivity index (χ0n) is 14.8. The SMILES string of the molecule is CCN(CC)C(=O)n1nc(S(=O)(=O)c2c(C)cccc2Cl)c(Br)c1SC. The summed E-state index contributed by atoms with van der Waals surface area (Å²) in [6.07, 6.45) is 1.75. The van der Waals surface area contributed by atoms with Gasteiger partial charge in [0.1, 0.15) is 5.03 Å². The smallest absolute Gasteiger partial charge is 0.323 e. The zero-order valence-corrected chi connectivity index (χ0v) is 18.8. The standard InChI is InChI=1S/C16H19BrClN3O3S2/c1-5-20(6-2)16(22)21-15(25-4)12(17)14(19-21)26(23,24)13-10(3)8-7-9-11(13)18/h7-9H,5-6H2,1-4H3. The molecule has 0 saturated heterocycles. The molecule has 0 fully saturated rings. The Bertz CT molecular complexity index is 920. The molecule has 0 unspecified atom stereocenters. The van der Waals surface area contributed by atoms with E-state index in [4.69, 9.17) is 11.6 Å². The fraction of sp³-hybridized carbons (Fsp3) is 0.375. The molecule has 0 N–H and O–H groups in total. The summed E-state index contributed by atoms with van der Waals surface area (Å²) in [4.78, 5) is 14.3. The summed E-state index contributed by atoms with van der Waals surface area (Å²) >= 11 is 10.7. The Labute approximate surface area is 170 Å². The van der Waals surface area contributed by atoms with Gasteiger partial charge in [-0.25, -0.2) is 13.2 Å². The van der Waals surface area contributed by atoms with Crippen LogP contribution in [0.3, 0.4) is 0 Å². The molecule has 0 saturated carbocycles. The van der Waals surface area contributed by atoms with Crippen molar-refractivity contribution in [2.45, 2.75) is 35.7 Å². The normalized spacial score (nSPS) is 11.6. The van der Waals surface area contributed by atoms with Crippen molar-refractivity contribution < 1.29 is 13.2 Å². The molecule has 1 aromatic heterocycles. The number of amides is 1. The summed E-state index contributed by atoms with van der Waals surface area (Å²) in [5.74, 6) is 0. The number of thioether (sulfide) groups is 1. The Kier molecular flexibility index (Phi) is 6.81. The third kappa shape index (κ3) is 3.67. The molecule has 0 aliphatic rings. The number of halogens is 2. The van der Waals surface area contributed by atoms with Crippen LogP contribution in [0.25, 0.3) is 0 Å². The van der Waals surface area contributed by atoms with Crippen molar-refractivity contribution in [3.8, 4) is 0 Å². The lowest BCUT2D eigenvalue weighted by atomic mass is 10.2. The zero-order chi connectivity index (χ0) is 19.6. The molecule has 1 amide bonds. The van der Waals surface area contributed by atoms with E-state index in [2.05, 4.69) is 21.0 Å². The quantitative estimate of drug-likeness (QED) is 0.590. The van der Waals surface area contributed by atoms with E-state index in [-0.39, 0.29) is 25.4 Å². The number of rotatable bonds is 5. The number of aromatic nitrogens is 2. The van der Waals surface area contributed by atoms with E-state index >= 15 is 0 Å². The van der Waals surface area contributed by atoms with Crippen LogP contribution in [0.2, 0.25) is 5.02 Å². The third-order valence-electron chi connectivity index (χ3n) is 3.85. The largest absolute Gasteiger partial charge is 0.345 e. The second-order valence-corrected chi connectivity index (χ2v) is 9.18. The van der Waals surface area contributed by atoms with Crippen molar-refractivity contribution in [3.63, 3.8) is 0 Å². The second kappa shape index (κ2) is 8.33. The summed E-state index contributed by atoms with van der Waals surface area (Å²) in [7, 11) is -4.01. The van der Waals surface area contributed by atoms with Gasteiger partial charge in [0, 0.05) is 13.1 Å². The molecule has 0 spiro atoms. The molecule has 2 rings (SSSR count). The first-order valence-electron chi connectivity index (χ1n) is 7.82. The molecule has 0 aliphatic heterocycles. The van der Waals surface area contributed by atoms with Gasteiger partial charge < -0.3 is 4.90 Å². The average molecular weight is 481 g/mol. The highest BCUT2D eigenvalue weighted by molar-refractivity contribution is 9.10. The average Bonchev–Trinajstić information content (AvgIpc) is 2.92. The summed E-state index contributed by atoms with van der Waals surface area (Å²) < 4.78 is 27.8. The molecule has 0 atom stereocenters. The lowest BCUT2D eigenvalue weighted by Gasteiger charge is -2.18. The van der Waals surface area contributed by atoms with Crippen LogP contribution in [-0.2, 0) is 9.84 Å². The van der Waals surface area contributed by atoms with Gasteiger partial charge in [-0.3, -0.25) is 0 Å². The number of nitrogens with zero attached hydrogens (tertiary/aromatic N) is 3. The molecular formula is C16H19BrClN3O3S2. The predicted molar refractivity (Wildman–Crippen MR) is 107 cm³/mol. The van der Waals surface area contributed by atoms with Gasteiger partial charge in [-0.05, 0) is 54.6 Å². The van der Waals surface area contributed by atoms with Gasteiger partial charge >= 0.3 is 6.03 Å². The van der Waals surface area contributed by atoms with Gasteiger partial charge in [0.25, 0.3) is 0 Å². The monoisotopic (exact) mass is 479 g/mol. The number of carbonyl (C=O) groups excluding carboxylic acids is 1. The van der Waals surface area contributed by atoms with Crippen LogP contribution in [0.1, 0.15) is 19.4 Å². The molecule has 142 valence electrons. The first-order valence-corrected chi connectivity index (χ1v) is 11.7. The van der Waals surface area contributed by atoms with Crippen LogP contribution in [0.5, 0.6) is 0 Å². The fourth-order valence-corrected chi connectivity index (χ4v) is 6.59. The maximum atomic E-state index is 13.2. The lowest BCUT2D eigenvalue weighted by Crippen LogP contribution is -2.35. The summed E-state index contributed by atoms with van der Waals surface area (Å²) in [6.45, 7) is 6.35. The summed E-state index contributed by atoms with van der Waals surface area (Å²) in [5, 5.41) is 4.45. The van der Waals surface area contributed by atoms with E-state index < -0.39 is 9.84 Å². The van der Waals surface area contributed by atoms with Gasteiger partial charge in [-0.2, -0.15) is 4.68 Å². The molecule has 6 nitrogen and oxygen atoms in total. The highest BCUT2D eigenvalue weighted by Crippen LogP contribution is 2.37. The first kappa shape index (κ1) is 21.3. The van der Waals surface area contributed by atoms with Gasteiger partial charge in [-0.15, -0.1) is 16.9 Å².